The second-order valence-corrected chi connectivity index (χ2v) is 12.8. The summed E-state index contributed by atoms with van der Waals surface area (Å²) >= 11 is 0. The average Bonchev–Trinajstić information content (AvgIpc) is 3.70. The lowest BCUT2D eigenvalue weighted by Gasteiger charge is -2.11. The molecule has 0 atom stereocenters. The SMILES string of the molecule is C=C/C=C(\C=C/C)C(=N\C=C/c1c(C)oc2cccc(-n3c4ccc(-c5ccccc5)cc4c4cc(-c5ccccc5)ccc43)c12)/c1ccccc1. The highest BCUT2D eigenvalue weighted by molar-refractivity contribution is 6.15. The Labute approximate surface area is 304 Å². The second kappa shape index (κ2) is 14.3. The van der Waals surface area contributed by atoms with Gasteiger partial charge >= 0.3 is 0 Å². The van der Waals surface area contributed by atoms with Gasteiger partial charge in [0, 0.05) is 33.7 Å². The minimum Gasteiger partial charge on any atom is -0.461 e. The molecule has 3 nitrogen and oxygen atoms in total. The van der Waals surface area contributed by atoms with E-state index in [9.17, 15) is 0 Å². The van der Waals surface area contributed by atoms with Gasteiger partial charge in [0.2, 0.25) is 0 Å². The summed E-state index contributed by atoms with van der Waals surface area (Å²) in [5.74, 6) is 0.837. The predicted molar refractivity (Wildman–Crippen MR) is 221 cm³/mol. The summed E-state index contributed by atoms with van der Waals surface area (Å²) in [7, 11) is 0. The number of aliphatic imine (C=N–C) groups is 1. The highest BCUT2D eigenvalue weighted by Crippen LogP contribution is 2.40. The Hall–Kier alpha value is -6.71. The van der Waals surface area contributed by atoms with Gasteiger partial charge in [-0.1, -0.05) is 140 Å². The van der Waals surface area contributed by atoms with Gasteiger partial charge in [0.1, 0.15) is 11.3 Å². The normalized spacial score (nSPS) is 12.6. The maximum absolute atomic E-state index is 6.43. The maximum atomic E-state index is 6.43. The van der Waals surface area contributed by atoms with Gasteiger partial charge in [-0.05, 0) is 78.6 Å². The number of hydrogen-bond acceptors (Lipinski definition) is 2. The van der Waals surface area contributed by atoms with E-state index in [0.29, 0.717) is 0 Å². The summed E-state index contributed by atoms with van der Waals surface area (Å²) in [4.78, 5) is 5.04. The summed E-state index contributed by atoms with van der Waals surface area (Å²) in [5.41, 5.74) is 12.8. The topological polar surface area (TPSA) is 30.4 Å². The minimum atomic E-state index is 0.833. The number of allylic oxidation sites excluding steroid dienone is 5. The molecule has 0 saturated carbocycles. The number of benzene rings is 6. The van der Waals surface area contributed by atoms with E-state index in [-0.39, 0.29) is 0 Å². The maximum Gasteiger partial charge on any atom is 0.137 e. The molecule has 2 aromatic heterocycles. The average molecular weight is 671 g/mol. The van der Waals surface area contributed by atoms with Crippen molar-refractivity contribution >= 4 is 44.6 Å². The molecular weight excluding hydrogens is 633 g/mol. The largest absolute Gasteiger partial charge is 0.461 e. The van der Waals surface area contributed by atoms with Crippen LogP contribution < -0.4 is 0 Å². The van der Waals surface area contributed by atoms with Gasteiger partial charge in [-0.3, -0.25) is 4.99 Å². The summed E-state index contributed by atoms with van der Waals surface area (Å²) in [6, 6.07) is 51.4. The van der Waals surface area contributed by atoms with Crippen LogP contribution in [0.4, 0.5) is 0 Å². The fourth-order valence-electron chi connectivity index (χ4n) is 7.18. The lowest BCUT2D eigenvalue weighted by Crippen LogP contribution is -2.03. The van der Waals surface area contributed by atoms with Crippen molar-refractivity contribution < 1.29 is 4.42 Å². The van der Waals surface area contributed by atoms with Gasteiger partial charge in [0.25, 0.3) is 0 Å². The number of aromatic nitrogens is 1. The van der Waals surface area contributed by atoms with Crippen LogP contribution in [-0.2, 0) is 0 Å². The second-order valence-electron chi connectivity index (χ2n) is 12.8. The Morgan fingerprint density at radius 1 is 0.673 bits per heavy atom. The summed E-state index contributed by atoms with van der Waals surface area (Å²) in [6.07, 6.45) is 11.8. The Balaban J connectivity index is 1.34. The zero-order valence-electron chi connectivity index (χ0n) is 29.3. The molecule has 2 heterocycles. The van der Waals surface area contributed by atoms with E-state index >= 15 is 0 Å². The fourth-order valence-corrected chi connectivity index (χ4v) is 7.18. The van der Waals surface area contributed by atoms with Crippen LogP contribution in [0.2, 0.25) is 0 Å². The number of aryl methyl sites for hydroxylation is 1. The third-order valence-corrected chi connectivity index (χ3v) is 9.55. The summed E-state index contributed by atoms with van der Waals surface area (Å²) in [5, 5.41) is 3.44. The molecule has 0 radical (unpaired) electrons. The van der Waals surface area contributed by atoms with E-state index in [1.807, 2.05) is 56.5 Å². The van der Waals surface area contributed by atoms with Crippen molar-refractivity contribution in [2.45, 2.75) is 13.8 Å². The molecule has 0 aliphatic carbocycles. The summed E-state index contributed by atoms with van der Waals surface area (Å²) < 4.78 is 8.82. The Morgan fingerprint density at radius 3 is 1.85 bits per heavy atom. The zero-order chi connectivity index (χ0) is 35.4. The zero-order valence-corrected chi connectivity index (χ0v) is 29.3. The number of hydrogen-bond donors (Lipinski definition) is 0. The molecule has 0 aliphatic heterocycles. The van der Waals surface area contributed by atoms with Gasteiger partial charge in [0.05, 0.1) is 27.8 Å². The van der Waals surface area contributed by atoms with E-state index in [4.69, 9.17) is 9.41 Å². The lowest BCUT2D eigenvalue weighted by molar-refractivity contribution is 0.577. The van der Waals surface area contributed by atoms with Crippen molar-refractivity contribution in [3.63, 3.8) is 0 Å². The summed E-state index contributed by atoms with van der Waals surface area (Å²) in [6.45, 7) is 7.98. The third kappa shape index (κ3) is 6.03. The van der Waals surface area contributed by atoms with Crippen LogP contribution in [0.3, 0.4) is 0 Å². The van der Waals surface area contributed by atoms with Crippen molar-refractivity contribution in [2.24, 2.45) is 4.99 Å². The van der Waals surface area contributed by atoms with Crippen LogP contribution in [0, 0.1) is 6.92 Å². The number of furan rings is 1. The lowest BCUT2D eigenvalue weighted by atomic mass is 10.0. The third-order valence-electron chi connectivity index (χ3n) is 9.55. The monoisotopic (exact) mass is 670 g/mol. The van der Waals surface area contributed by atoms with Crippen LogP contribution in [0.25, 0.3) is 66.8 Å². The van der Waals surface area contributed by atoms with Crippen LogP contribution in [0.1, 0.15) is 23.8 Å². The first-order valence-corrected chi connectivity index (χ1v) is 17.6. The molecule has 250 valence electrons. The van der Waals surface area contributed by atoms with Gasteiger partial charge in [-0.2, -0.15) is 0 Å². The molecule has 0 aliphatic rings. The molecule has 52 heavy (non-hydrogen) atoms. The van der Waals surface area contributed by atoms with Gasteiger partial charge in [-0.25, -0.2) is 0 Å². The minimum absolute atomic E-state index is 0.833. The van der Waals surface area contributed by atoms with Crippen LogP contribution >= 0.6 is 0 Å². The first-order valence-electron chi connectivity index (χ1n) is 17.6. The molecule has 0 N–H and O–H groups in total. The molecule has 0 saturated heterocycles. The van der Waals surface area contributed by atoms with Crippen LogP contribution in [0.15, 0.2) is 198 Å². The predicted octanol–water partition coefficient (Wildman–Crippen LogP) is 13.3. The Kier molecular flexibility index (Phi) is 8.91. The Morgan fingerprint density at radius 2 is 1.27 bits per heavy atom. The quantitative estimate of drug-likeness (QED) is 0.111. The standard InChI is InChI=1S/C49H38N2O/c1-4-16-37(17-5-2)49(38-22-13-8-14-23-38)50-31-30-41-34(3)52-47-25-15-24-46(48(41)47)51-44-28-26-39(35-18-9-6-10-19-35)32-42(44)43-33-40(27-29-45(43)51)36-20-11-7-12-21-36/h4-33H,1H2,2-3H3/b17-5-,31-30-,37-16+,50-49+. The molecule has 0 spiro atoms. The molecule has 0 bridgehead atoms. The molecule has 3 heteroatoms. The van der Waals surface area contributed by atoms with E-state index in [0.717, 1.165) is 55.9 Å². The number of fused-ring (bicyclic) bond motifs is 4. The van der Waals surface area contributed by atoms with Crippen molar-refractivity contribution in [3.8, 4) is 27.9 Å². The number of rotatable bonds is 9. The van der Waals surface area contributed by atoms with Gasteiger partial charge in [0.15, 0.2) is 0 Å². The molecule has 8 aromatic rings. The van der Waals surface area contributed by atoms with Crippen LogP contribution in [-0.4, -0.2) is 10.3 Å². The smallest absolute Gasteiger partial charge is 0.137 e. The molecule has 8 rings (SSSR count). The van der Waals surface area contributed by atoms with E-state index in [1.54, 1.807) is 6.08 Å². The van der Waals surface area contributed by atoms with Gasteiger partial charge < -0.3 is 8.98 Å². The first-order chi connectivity index (χ1) is 25.6. The molecule has 6 aromatic carbocycles. The molecular formula is C49H38N2O. The van der Waals surface area contributed by atoms with Crippen molar-refractivity contribution in [1.82, 2.24) is 4.57 Å². The van der Waals surface area contributed by atoms with E-state index in [1.165, 1.54) is 33.0 Å². The Bertz CT molecular complexity index is 2590. The van der Waals surface area contributed by atoms with Gasteiger partial charge in [-0.15, -0.1) is 0 Å². The fraction of sp³-hybridized carbons (Fsp3) is 0.0408. The molecule has 0 amide bonds. The van der Waals surface area contributed by atoms with Crippen molar-refractivity contribution in [3.05, 3.63) is 205 Å². The van der Waals surface area contributed by atoms with E-state index in [2.05, 4.69) is 145 Å². The molecule has 0 fully saturated rings. The molecule has 0 unspecified atom stereocenters. The van der Waals surface area contributed by atoms with Crippen molar-refractivity contribution in [1.29, 1.82) is 0 Å². The first kappa shape index (κ1) is 32.5. The van der Waals surface area contributed by atoms with Crippen molar-refractivity contribution in [2.75, 3.05) is 0 Å². The number of nitrogens with zero attached hydrogens (tertiary/aromatic N) is 2. The highest BCUT2D eigenvalue weighted by Gasteiger charge is 2.20. The van der Waals surface area contributed by atoms with E-state index < -0.39 is 0 Å². The highest BCUT2D eigenvalue weighted by atomic mass is 16.3. The van der Waals surface area contributed by atoms with Crippen LogP contribution in [0.5, 0.6) is 0 Å².